The molecule has 1 N–H and O–H groups in total. The van der Waals surface area contributed by atoms with Crippen LogP contribution in [-0.4, -0.2) is 34.2 Å². The molecule has 0 atom stereocenters. The molecule has 1 amide bonds. The van der Waals surface area contributed by atoms with Crippen molar-refractivity contribution in [2.24, 2.45) is 5.10 Å². The third kappa shape index (κ3) is 5.84. The molecule has 0 heterocycles. The number of carbonyl (C=O) groups is 1. The Bertz CT molecular complexity index is 1180. The number of ether oxygens (including phenoxy) is 1. The number of hydrogen-bond acceptors (Lipinski definition) is 5. The number of hydrazone groups is 1. The van der Waals surface area contributed by atoms with Gasteiger partial charge in [0.05, 0.1) is 23.9 Å². The first-order valence-electron chi connectivity index (χ1n) is 9.19. The van der Waals surface area contributed by atoms with E-state index in [4.69, 9.17) is 16.3 Å². The van der Waals surface area contributed by atoms with Gasteiger partial charge < -0.3 is 4.74 Å². The molecule has 9 heteroatoms. The second-order valence-corrected chi connectivity index (χ2v) is 8.67. The highest BCUT2D eigenvalue weighted by atomic mass is 35.5. The SMILES string of the molecule is COc1cccc(/C=N/NC(=O)CN(c2cccc(Cl)c2)S(=O)(=O)c2ccccc2)c1. The molecule has 3 rings (SSSR count). The number of methoxy groups -OCH3 is 1. The van der Waals surface area contributed by atoms with Crippen LogP contribution in [0.1, 0.15) is 5.56 Å². The van der Waals surface area contributed by atoms with Gasteiger partial charge in [-0.05, 0) is 48.0 Å². The van der Waals surface area contributed by atoms with Gasteiger partial charge in [-0.25, -0.2) is 13.8 Å². The third-order valence-corrected chi connectivity index (χ3v) is 6.23. The van der Waals surface area contributed by atoms with Crippen molar-refractivity contribution in [3.63, 3.8) is 0 Å². The van der Waals surface area contributed by atoms with Gasteiger partial charge in [-0.1, -0.05) is 48.0 Å². The van der Waals surface area contributed by atoms with Crippen LogP contribution in [-0.2, 0) is 14.8 Å². The van der Waals surface area contributed by atoms with Crippen LogP contribution in [0.15, 0.2) is 88.9 Å². The minimum atomic E-state index is -4.01. The Morgan fingerprint density at radius 3 is 2.52 bits per heavy atom. The topological polar surface area (TPSA) is 88.1 Å². The zero-order valence-electron chi connectivity index (χ0n) is 16.6. The fraction of sp³-hybridized carbons (Fsp3) is 0.0909. The second kappa shape index (κ2) is 10.1. The molecule has 160 valence electrons. The number of anilines is 1. The number of nitrogens with one attached hydrogen (secondary N) is 1. The third-order valence-electron chi connectivity index (χ3n) is 4.21. The number of halogens is 1. The number of hydrogen-bond donors (Lipinski definition) is 1. The molecule has 7 nitrogen and oxygen atoms in total. The predicted molar refractivity (Wildman–Crippen MR) is 121 cm³/mol. The normalized spacial score (nSPS) is 11.3. The van der Waals surface area contributed by atoms with E-state index >= 15 is 0 Å². The van der Waals surface area contributed by atoms with Crippen molar-refractivity contribution < 1.29 is 17.9 Å². The first kappa shape index (κ1) is 22.3. The summed E-state index contributed by atoms with van der Waals surface area (Å²) in [5.74, 6) is 0.0370. The van der Waals surface area contributed by atoms with Gasteiger partial charge in [-0.15, -0.1) is 0 Å². The van der Waals surface area contributed by atoms with Crippen molar-refractivity contribution in [2.75, 3.05) is 18.0 Å². The van der Waals surface area contributed by atoms with E-state index in [1.165, 1.54) is 24.4 Å². The van der Waals surface area contributed by atoms with Gasteiger partial charge in [0.25, 0.3) is 15.9 Å². The molecular formula is C22H20ClN3O4S. The standard InChI is InChI=1S/C22H20ClN3O4S/c1-30-20-10-5-7-17(13-20)15-24-25-22(27)16-26(19-9-6-8-18(23)14-19)31(28,29)21-11-3-2-4-12-21/h2-15H,16H2,1H3,(H,25,27)/b24-15+. The Hall–Kier alpha value is -3.36. The van der Waals surface area contributed by atoms with Crippen LogP contribution < -0.4 is 14.5 Å². The molecule has 0 aliphatic heterocycles. The van der Waals surface area contributed by atoms with Gasteiger partial charge in [0.1, 0.15) is 12.3 Å². The minimum absolute atomic E-state index is 0.0580. The molecule has 0 aliphatic rings. The molecule has 0 radical (unpaired) electrons. The van der Waals surface area contributed by atoms with E-state index in [0.29, 0.717) is 16.3 Å². The highest BCUT2D eigenvalue weighted by Gasteiger charge is 2.27. The summed E-state index contributed by atoms with van der Waals surface area (Å²) < 4.78 is 32.5. The fourth-order valence-corrected chi connectivity index (χ4v) is 4.35. The summed E-state index contributed by atoms with van der Waals surface area (Å²) in [6.45, 7) is -0.479. The summed E-state index contributed by atoms with van der Waals surface area (Å²) in [7, 11) is -2.46. The van der Waals surface area contributed by atoms with Gasteiger partial charge in [0.15, 0.2) is 0 Å². The van der Waals surface area contributed by atoms with E-state index in [0.717, 1.165) is 4.31 Å². The van der Waals surface area contributed by atoms with Crippen LogP contribution in [0.5, 0.6) is 5.75 Å². The van der Waals surface area contributed by atoms with Crippen molar-refractivity contribution in [1.29, 1.82) is 0 Å². The summed E-state index contributed by atoms with van der Waals surface area (Å²) in [5.41, 5.74) is 3.34. The maximum Gasteiger partial charge on any atom is 0.264 e. The Morgan fingerprint density at radius 1 is 1.06 bits per heavy atom. The van der Waals surface area contributed by atoms with Gasteiger partial charge in [0.2, 0.25) is 0 Å². The number of amides is 1. The van der Waals surface area contributed by atoms with Crippen molar-refractivity contribution in [3.05, 3.63) is 89.4 Å². The average Bonchev–Trinajstić information content (AvgIpc) is 2.78. The summed E-state index contributed by atoms with van der Waals surface area (Å²) in [5, 5.41) is 4.26. The zero-order valence-corrected chi connectivity index (χ0v) is 18.2. The number of nitrogens with zero attached hydrogens (tertiary/aromatic N) is 2. The van der Waals surface area contributed by atoms with E-state index in [1.807, 2.05) is 0 Å². The lowest BCUT2D eigenvalue weighted by atomic mass is 10.2. The molecule has 31 heavy (non-hydrogen) atoms. The van der Waals surface area contributed by atoms with E-state index in [1.54, 1.807) is 67.8 Å². The quantitative estimate of drug-likeness (QED) is 0.412. The molecular weight excluding hydrogens is 438 g/mol. The van der Waals surface area contributed by atoms with E-state index in [2.05, 4.69) is 10.5 Å². The number of carbonyl (C=O) groups excluding carboxylic acids is 1. The van der Waals surface area contributed by atoms with E-state index < -0.39 is 22.5 Å². The minimum Gasteiger partial charge on any atom is -0.497 e. The highest BCUT2D eigenvalue weighted by molar-refractivity contribution is 7.92. The van der Waals surface area contributed by atoms with E-state index in [-0.39, 0.29) is 10.6 Å². The summed E-state index contributed by atoms with van der Waals surface area (Å²) >= 11 is 6.04. The molecule has 3 aromatic rings. The van der Waals surface area contributed by atoms with Gasteiger partial charge in [-0.3, -0.25) is 9.10 Å². The summed E-state index contributed by atoms with van der Waals surface area (Å²) in [6, 6.07) is 21.3. The van der Waals surface area contributed by atoms with Crippen LogP contribution >= 0.6 is 11.6 Å². The first-order chi connectivity index (χ1) is 14.9. The van der Waals surface area contributed by atoms with Gasteiger partial charge in [-0.2, -0.15) is 5.10 Å². The molecule has 0 fully saturated rings. The van der Waals surface area contributed by atoms with Crippen LogP contribution in [0.2, 0.25) is 5.02 Å². The number of benzene rings is 3. The molecule has 0 aromatic heterocycles. The average molecular weight is 458 g/mol. The van der Waals surface area contributed by atoms with Crippen LogP contribution in [0, 0.1) is 0 Å². The molecule has 0 spiro atoms. The van der Waals surface area contributed by atoms with Crippen LogP contribution in [0.25, 0.3) is 0 Å². The lowest BCUT2D eigenvalue weighted by molar-refractivity contribution is -0.119. The number of sulfonamides is 1. The second-order valence-electron chi connectivity index (χ2n) is 6.37. The Balaban J connectivity index is 1.81. The van der Waals surface area contributed by atoms with Crippen molar-refractivity contribution in [1.82, 2.24) is 5.43 Å². The molecule has 0 bridgehead atoms. The lowest BCUT2D eigenvalue weighted by Gasteiger charge is -2.23. The zero-order chi connectivity index (χ0) is 22.3. The monoisotopic (exact) mass is 457 g/mol. The van der Waals surface area contributed by atoms with Crippen molar-refractivity contribution in [3.8, 4) is 5.75 Å². The van der Waals surface area contributed by atoms with Crippen molar-refractivity contribution >= 4 is 39.4 Å². The molecule has 0 unspecified atom stereocenters. The molecule has 3 aromatic carbocycles. The van der Waals surface area contributed by atoms with Crippen LogP contribution in [0.4, 0.5) is 5.69 Å². The van der Waals surface area contributed by atoms with Crippen LogP contribution in [0.3, 0.4) is 0 Å². The molecule has 0 saturated carbocycles. The largest absolute Gasteiger partial charge is 0.497 e. The maximum atomic E-state index is 13.2. The predicted octanol–water partition coefficient (Wildman–Crippen LogP) is 3.69. The molecule has 0 aliphatic carbocycles. The summed E-state index contributed by atoms with van der Waals surface area (Å²) in [4.78, 5) is 12.6. The maximum absolute atomic E-state index is 13.2. The smallest absolute Gasteiger partial charge is 0.264 e. The highest BCUT2D eigenvalue weighted by Crippen LogP contribution is 2.25. The molecule has 0 saturated heterocycles. The van der Waals surface area contributed by atoms with E-state index in [9.17, 15) is 13.2 Å². The number of rotatable bonds is 8. The first-order valence-corrected chi connectivity index (χ1v) is 11.0. The van der Waals surface area contributed by atoms with Gasteiger partial charge in [0, 0.05) is 5.02 Å². The van der Waals surface area contributed by atoms with Crippen molar-refractivity contribution in [2.45, 2.75) is 4.90 Å². The lowest BCUT2D eigenvalue weighted by Crippen LogP contribution is -2.39. The van der Waals surface area contributed by atoms with Gasteiger partial charge >= 0.3 is 0 Å². The Kier molecular flexibility index (Phi) is 7.28. The Labute approximate surface area is 186 Å². The summed E-state index contributed by atoms with van der Waals surface area (Å²) in [6.07, 6.45) is 1.44. The Morgan fingerprint density at radius 2 is 1.81 bits per heavy atom. The fourth-order valence-electron chi connectivity index (χ4n) is 2.73.